The van der Waals surface area contributed by atoms with Crippen LogP contribution in [0.4, 0.5) is 11.4 Å². The maximum Gasteiger partial charge on any atom is 0.261 e. The van der Waals surface area contributed by atoms with Crippen LogP contribution in [0.15, 0.2) is 41.3 Å². The van der Waals surface area contributed by atoms with E-state index in [4.69, 9.17) is 4.74 Å². The van der Waals surface area contributed by atoms with Gasteiger partial charge in [-0.1, -0.05) is 6.07 Å². The van der Waals surface area contributed by atoms with E-state index >= 15 is 0 Å². The van der Waals surface area contributed by atoms with Gasteiger partial charge in [0.25, 0.3) is 10.0 Å². The van der Waals surface area contributed by atoms with Gasteiger partial charge >= 0.3 is 0 Å². The van der Waals surface area contributed by atoms with E-state index in [0.29, 0.717) is 18.0 Å². The number of aryl methyl sites for hydroxylation is 1. The maximum absolute atomic E-state index is 12.9. The molecule has 4 rings (SSSR count). The van der Waals surface area contributed by atoms with Gasteiger partial charge in [0.05, 0.1) is 29.3 Å². The summed E-state index contributed by atoms with van der Waals surface area (Å²) in [5.41, 5.74) is 3.08. The van der Waals surface area contributed by atoms with Crippen molar-refractivity contribution in [2.24, 2.45) is 0 Å². The van der Waals surface area contributed by atoms with Gasteiger partial charge in [-0.3, -0.25) is 9.52 Å². The van der Waals surface area contributed by atoms with Crippen molar-refractivity contribution in [3.05, 3.63) is 47.5 Å². The highest BCUT2D eigenvalue weighted by molar-refractivity contribution is 7.92. The Morgan fingerprint density at radius 2 is 2.04 bits per heavy atom. The van der Waals surface area contributed by atoms with Crippen LogP contribution >= 0.6 is 0 Å². The van der Waals surface area contributed by atoms with E-state index in [-0.39, 0.29) is 16.7 Å². The molecular weight excluding hydrogens is 352 g/mol. The number of nitrogens with one attached hydrogen (secondary N) is 1. The topological polar surface area (TPSA) is 75.7 Å². The van der Waals surface area contributed by atoms with Crippen LogP contribution in [0.3, 0.4) is 0 Å². The average Bonchev–Trinajstić information content (AvgIpc) is 2.88. The van der Waals surface area contributed by atoms with Crippen molar-refractivity contribution in [1.29, 1.82) is 0 Å². The van der Waals surface area contributed by atoms with E-state index in [2.05, 4.69) is 4.72 Å². The van der Waals surface area contributed by atoms with Crippen LogP contribution in [0.1, 0.15) is 30.4 Å². The van der Waals surface area contributed by atoms with Gasteiger partial charge in [-0.05, 0) is 55.2 Å². The van der Waals surface area contributed by atoms with E-state index in [1.54, 1.807) is 41.3 Å². The van der Waals surface area contributed by atoms with E-state index in [1.807, 2.05) is 6.92 Å². The summed E-state index contributed by atoms with van der Waals surface area (Å²) >= 11 is 0. The molecule has 0 unspecified atom stereocenters. The molecule has 1 N–H and O–H groups in total. The molecule has 136 valence electrons. The van der Waals surface area contributed by atoms with Gasteiger partial charge in [0.1, 0.15) is 5.75 Å². The Morgan fingerprint density at radius 3 is 2.81 bits per heavy atom. The van der Waals surface area contributed by atoms with Gasteiger partial charge < -0.3 is 9.64 Å². The highest BCUT2D eigenvalue weighted by Gasteiger charge is 2.38. The predicted molar refractivity (Wildman–Crippen MR) is 99.3 cm³/mol. The summed E-state index contributed by atoms with van der Waals surface area (Å²) in [6, 6.07) is 10.1. The molecule has 2 aliphatic rings. The summed E-state index contributed by atoms with van der Waals surface area (Å²) in [4.78, 5) is 14.4. The number of anilines is 2. The zero-order valence-corrected chi connectivity index (χ0v) is 15.5. The molecule has 6 nitrogen and oxygen atoms in total. The van der Waals surface area contributed by atoms with Crippen LogP contribution in [-0.2, 0) is 21.2 Å². The summed E-state index contributed by atoms with van der Waals surface area (Å²) in [5, 5.41) is 0. The molecule has 0 spiro atoms. The van der Waals surface area contributed by atoms with Crippen molar-refractivity contribution in [3.63, 3.8) is 0 Å². The number of nitrogens with zero attached hydrogens (tertiary/aromatic N) is 1. The molecular formula is C19H20N2O4S. The number of carbonyl (C=O) groups excluding carboxylic acids is 1. The Bertz CT molecular complexity index is 1000. The van der Waals surface area contributed by atoms with Crippen LogP contribution in [0.2, 0.25) is 0 Å². The molecule has 2 aromatic carbocycles. The van der Waals surface area contributed by atoms with Crippen molar-refractivity contribution in [1.82, 2.24) is 0 Å². The molecule has 0 fully saturated rings. The van der Waals surface area contributed by atoms with Gasteiger partial charge in [0, 0.05) is 12.6 Å². The molecule has 1 atom stereocenters. The zero-order valence-electron chi connectivity index (χ0n) is 14.7. The standard InChI is InChI=1S/C19H20N2O4S/c1-12-17-11-16(9-13-5-4-8-21(18(13)17)19(12)22)26(23,24)20-14-6-3-7-15(10-14)25-2/h3,6-7,9-12,20H,4-5,8H2,1-2H3/t12-/m1/s1. The number of ether oxygens (including phenoxy) is 1. The molecule has 0 saturated carbocycles. The number of benzene rings is 2. The zero-order chi connectivity index (χ0) is 18.5. The first kappa shape index (κ1) is 16.9. The maximum atomic E-state index is 12.9. The van der Waals surface area contributed by atoms with Crippen molar-refractivity contribution < 1.29 is 17.9 Å². The Hall–Kier alpha value is -2.54. The SMILES string of the molecule is COc1cccc(NS(=O)(=O)c2cc3c4c(c2)[C@@H](C)C(=O)N4CCC3)c1. The fraction of sp³-hybridized carbons (Fsp3) is 0.316. The first-order valence-corrected chi connectivity index (χ1v) is 10.0. The van der Waals surface area contributed by atoms with Crippen molar-refractivity contribution in [2.45, 2.75) is 30.6 Å². The summed E-state index contributed by atoms with van der Waals surface area (Å²) in [6.07, 6.45) is 1.62. The van der Waals surface area contributed by atoms with Crippen molar-refractivity contribution in [3.8, 4) is 5.75 Å². The molecule has 0 aliphatic carbocycles. The summed E-state index contributed by atoms with van der Waals surface area (Å²) in [7, 11) is -2.23. The molecule has 7 heteroatoms. The predicted octanol–water partition coefficient (Wildman–Crippen LogP) is 2.89. The van der Waals surface area contributed by atoms with Gasteiger partial charge in [0.2, 0.25) is 5.91 Å². The van der Waals surface area contributed by atoms with Gasteiger partial charge in [-0.15, -0.1) is 0 Å². The van der Waals surface area contributed by atoms with Crippen LogP contribution < -0.4 is 14.4 Å². The molecule has 2 aliphatic heterocycles. The first-order valence-electron chi connectivity index (χ1n) is 8.56. The molecule has 1 amide bonds. The van der Waals surface area contributed by atoms with E-state index in [1.165, 1.54) is 7.11 Å². The number of methoxy groups -OCH3 is 1. The highest BCUT2D eigenvalue weighted by Crippen LogP contribution is 2.44. The van der Waals surface area contributed by atoms with Crippen molar-refractivity contribution >= 4 is 27.3 Å². The van der Waals surface area contributed by atoms with Crippen LogP contribution in [-0.4, -0.2) is 28.0 Å². The molecule has 0 radical (unpaired) electrons. The third kappa shape index (κ3) is 2.63. The van der Waals surface area contributed by atoms with E-state index < -0.39 is 10.0 Å². The second-order valence-electron chi connectivity index (χ2n) is 6.67. The Kier molecular flexibility index (Phi) is 3.91. The number of sulfonamides is 1. The lowest BCUT2D eigenvalue weighted by molar-refractivity contribution is -0.119. The number of hydrogen-bond acceptors (Lipinski definition) is 4. The molecule has 26 heavy (non-hydrogen) atoms. The first-order chi connectivity index (χ1) is 12.4. The number of hydrogen-bond donors (Lipinski definition) is 1. The van der Waals surface area contributed by atoms with E-state index in [0.717, 1.165) is 29.7 Å². The fourth-order valence-corrected chi connectivity index (χ4v) is 4.86. The van der Waals surface area contributed by atoms with Crippen LogP contribution in [0.25, 0.3) is 0 Å². The Labute approximate surface area is 152 Å². The largest absolute Gasteiger partial charge is 0.497 e. The fourth-order valence-electron chi connectivity index (χ4n) is 3.72. The number of carbonyl (C=O) groups is 1. The molecule has 2 aromatic rings. The number of rotatable bonds is 4. The third-order valence-electron chi connectivity index (χ3n) is 5.02. The van der Waals surface area contributed by atoms with Crippen LogP contribution in [0.5, 0.6) is 5.75 Å². The lowest BCUT2D eigenvalue weighted by Gasteiger charge is -2.26. The minimum absolute atomic E-state index is 0.0521. The lowest BCUT2D eigenvalue weighted by Crippen LogP contribution is -2.32. The monoisotopic (exact) mass is 372 g/mol. The second-order valence-corrected chi connectivity index (χ2v) is 8.36. The highest BCUT2D eigenvalue weighted by atomic mass is 32.2. The summed E-state index contributed by atoms with van der Waals surface area (Å²) in [6.45, 7) is 2.54. The molecule has 0 aromatic heterocycles. The van der Waals surface area contributed by atoms with Crippen LogP contribution in [0, 0.1) is 0 Å². The Balaban J connectivity index is 1.75. The third-order valence-corrected chi connectivity index (χ3v) is 6.39. The normalized spacial score (nSPS) is 18.6. The minimum Gasteiger partial charge on any atom is -0.497 e. The lowest BCUT2D eigenvalue weighted by atomic mass is 9.97. The smallest absolute Gasteiger partial charge is 0.261 e. The van der Waals surface area contributed by atoms with Gasteiger partial charge in [-0.2, -0.15) is 0 Å². The van der Waals surface area contributed by atoms with E-state index in [9.17, 15) is 13.2 Å². The summed E-state index contributed by atoms with van der Waals surface area (Å²) in [5.74, 6) is 0.314. The molecule has 2 heterocycles. The minimum atomic E-state index is -3.76. The second kappa shape index (κ2) is 6.02. The number of amides is 1. The quantitative estimate of drug-likeness (QED) is 0.895. The van der Waals surface area contributed by atoms with Gasteiger partial charge in [-0.25, -0.2) is 8.42 Å². The average molecular weight is 372 g/mol. The summed E-state index contributed by atoms with van der Waals surface area (Å²) < 4.78 is 33.6. The molecule has 0 bridgehead atoms. The molecule has 0 saturated heterocycles. The Morgan fingerprint density at radius 1 is 1.23 bits per heavy atom. The van der Waals surface area contributed by atoms with Gasteiger partial charge in [0.15, 0.2) is 0 Å². The van der Waals surface area contributed by atoms with Crippen molar-refractivity contribution in [2.75, 3.05) is 23.3 Å².